The van der Waals surface area contributed by atoms with Crippen LogP contribution in [-0.4, -0.2) is 48.7 Å². The van der Waals surface area contributed by atoms with Crippen LogP contribution < -0.4 is 9.64 Å². The Hall–Kier alpha value is -2.47. The molecule has 0 aliphatic carbocycles. The van der Waals surface area contributed by atoms with Gasteiger partial charge >= 0.3 is 0 Å². The molecule has 4 rings (SSSR count). The van der Waals surface area contributed by atoms with Crippen molar-refractivity contribution in [2.75, 3.05) is 30.8 Å². The second-order valence-electron chi connectivity index (χ2n) is 7.10. The molecule has 2 heterocycles. The highest BCUT2D eigenvalue weighted by atomic mass is 32.2. The Bertz CT molecular complexity index is 862. The number of benzene rings is 2. The minimum Gasteiger partial charge on any atom is -0.476 e. The number of hydrogen-bond acceptors (Lipinski definition) is 4. The normalized spacial score (nSPS) is 19.0. The lowest BCUT2D eigenvalue weighted by Crippen LogP contribution is -2.52. The summed E-state index contributed by atoms with van der Waals surface area (Å²) in [5.74, 6) is 0.447. The molecular weight excluding hydrogens is 372 g/mol. The number of carbonyl (C=O) groups excluding carboxylic acids is 2. The molecule has 0 unspecified atom stereocenters. The number of rotatable bonds is 3. The third kappa shape index (κ3) is 3.74. The average Bonchev–Trinajstić information content (AvgIpc) is 2.78. The lowest BCUT2D eigenvalue weighted by atomic mass is 10.1. The SMILES string of the molecule is CSc1ccc(C(=O)N2C[C@@H](C(=O)N3CCCCC3)Oc3ccccc32)cc1. The molecule has 1 atom stereocenters. The molecule has 1 fully saturated rings. The van der Waals surface area contributed by atoms with Crippen LogP contribution in [0.1, 0.15) is 29.6 Å². The van der Waals surface area contributed by atoms with Crippen molar-refractivity contribution >= 4 is 29.3 Å². The number of nitrogens with zero attached hydrogens (tertiary/aromatic N) is 2. The van der Waals surface area contributed by atoms with Gasteiger partial charge in [0.1, 0.15) is 5.75 Å². The first-order valence-electron chi connectivity index (χ1n) is 9.68. The van der Waals surface area contributed by atoms with Crippen molar-refractivity contribution in [3.8, 4) is 5.75 Å². The number of ether oxygens (including phenoxy) is 1. The van der Waals surface area contributed by atoms with Gasteiger partial charge in [-0.1, -0.05) is 12.1 Å². The van der Waals surface area contributed by atoms with E-state index in [2.05, 4.69) is 0 Å². The number of fused-ring (bicyclic) bond motifs is 1. The van der Waals surface area contributed by atoms with Crippen molar-refractivity contribution in [1.29, 1.82) is 0 Å². The molecular formula is C22H24N2O3S. The molecule has 0 saturated carbocycles. The van der Waals surface area contributed by atoms with Crippen LogP contribution in [0.15, 0.2) is 53.4 Å². The van der Waals surface area contributed by atoms with Gasteiger partial charge in [-0.3, -0.25) is 9.59 Å². The fourth-order valence-electron chi connectivity index (χ4n) is 3.76. The van der Waals surface area contributed by atoms with E-state index in [1.807, 2.05) is 59.7 Å². The molecule has 0 bridgehead atoms. The summed E-state index contributed by atoms with van der Waals surface area (Å²) in [6.07, 6.45) is 4.56. The van der Waals surface area contributed by atoms with E-state index < -0.39 is 6.10 Å². The Morgan fingerprint density at radius 2 is 1.71 bits per heavy atom. The molecule has 2 aliphatic heterocycles. The van der Waals surface area contributed by atoms with Crippen molar-refractivity contribution in [1.82, 2.24) is 4.90 Å². The molecule has 146 valence electrons. The summed E-state index contributed by atoms with van der Waals surface area (Å²) >= 11 is 1.64. The van der Waals surface area contributed by atoms with Gasteiger partial charge in [-0.05, 0) is 61.9 Å². The van der Waals surface area contributed by atoms with Gasteiger partial charge < -0.3 is 14.5 Å². The average molecular weight is 397 g/mol. The van der Waals surface area contributed by atoms with E-state index in [0.29, 0.717) is 17.0 Å². The highest BCUT2D eigenvalue weighted by Gasteiger charge is 2.36. The van der Waals surface area contributed by atoms with Crippen LogP contribution in [0, 0.1) is 0 Å². The van der Waals surface area contributed by atoms with Gasteiger partial charge in [0.05, 0.1) is 12.2 Å². The predicted molar refractivity (Wildman–Crippen MR) is 111 cm³/mol. The monoisotopic (exact) mass is 396 g/mol. The van der Waals surface area contributed by atoms with Crippen LogP contribution in [-0.2, 0) is 4.79 Å². The molecule has 2 aromatic carbocycles. The summed E-state index contributed by atoms with van der Waals surface area (Å²) in [7, 11) is 0. The number of carbonyl (C=O) groups is 2. The lowest BCUT2D eigenvalue weighted by molar-refractivity contribution is -0.139. The van der Waals surface area contributed by atoms with Gasteiger partial charge in [-0.15, -0.1) is 11.8 Å². The summed E-state index contributed by atoms with van der Waals surface area (Å²) < 4.78 is 6.01. The first-order valence-corrected chi connectivity index (χ1v) is 10.9. The zero-order valence-corrected chi connectivity index (χ0v) is 16.8. The predicted octanol–water partition coefficient (Wildman–Crippen LogP) is 3.83. The van der Waals surface area contributed by atoms with Crippen molar-refractivity contribution in [3.63, 3.8) is 0 Å². The van der Waals surface area contributed by atoms with Crippen LogP contribution >= 0.6 is 11.8 Å². The number of amides is 2. The van der Waals surface area contributed by atoms with Crippen LogP contribution in [0.4, 0.5) is 5.69 Å². The Morgan fingerprint density at radius 3 is 2.43 bits per heavy atom. The molecule has 5 nitrogen and oxygen atoms in total. The summed E-state index contributed by atoms with van der Waals surface area (Å²) in [5.41, 5.74) is 1.32. The molecule has 6 heteroatoms. The first kappa shape index (κ1) is 18.9. The summed E-state index contributed by atoms with van der Waals surface area (Å²) in [6.45, 7) is 1.77. The Morgan fingerprint density at radius 1 is 1.00 bits per heavy atom. The van der Waals surface area contributed by atoms with Gasteiger partial charge in [0.25, 0.3) is 11.8 Å². The maximum atomic E-state index is 13.2. The summed E-state index contributed by atoms with van der Waals surface area (Å²) in [6, 6.07) is 15.0. The number of hydrogen-bond donors (Lipinski definition) is 0. The standard InChI is InChI=1S/C22H24N2O3S/c1-28-17-11-9-16(10-12-17)21(25)24-15-20(22(26)23-13-5-2-6-14-23)27-19-8-4-3-7-18(19)24/h3-4,7-12,20H,2,5-6,13-15H2,1H3/t20-/m0/s1. The van der Waals surface area contributed by atoms with E-state index >= 15 is 0 Å². The van der Waals surface area contributed by atoms with Crippen molar-refractivity contribution in [2.24, 2.45) is 0 Å². The van der Waals surface area contributed by atoms with Crippen LogP contribution in [0.3, 0.4) is 0 Å². The first-order chi connectivity index (χ1) is 13.7. The quantitative estimate of drug-likeness (QED) is 0.740. The van der Waals surface area contributed by atoms with E-state index in [0.717, 1.165) is 37.2 Å². The van der Waals surface area contributed by atoms with E-state index in [9.17, 15) is 9.59 Å². The molecule has 0 N–H and O–H groups in total. The molecule has 2 aromatic rings. The van der Waals surface area contributed by atoms with E-state index in [1.54, 1.807) is 16.7 Å². The fraction of sp³-hybridized carbons (Fsp3) is 0.364. The van der Waals surface area contributed by atoms with Crippen LogP contribution in [0.25, 0.3) is 0 Å². The van der Waals surface area contributed by atoms with Gasteiger partial charge in [0.15, 0.2) is 6.10 Å². The Balaban J connectivity index is 1.61. The second kappa shape index (κ2) is 8.27. The number of likely N-dealkylation sites (tertiary alicyclic amines) is 1. The van der Waals surface area contributed by atoms with Crippen LogP contribution in [0.2, 0.25) is 0 Å². The second-order valence-corrected chi connectivity index (χ2v) is 7.98. The molecule has 1 saturated heterocycles. The fourth-order valence-corrected chi connectivity index (χ4v) is 4.17. The third-order valence-corrected chi connectivity index (χ3v) is 6.04. The lowest BCUT2D eigenvalue weighted by Gasteiger charge is -2.37. The molecule has 28 heavy (non-hydrogen) atoms. The van der Waals surface area contributed by atoms with Crippen molar-refractivity contribution in [2.45, 2.75) is 30.3 Å². The van der Waals surface area contributed by atoms with E-state index in [-0.39, 0.29) is 18.4 Å². The Kier molecular flexibility index (Phi) is 5.57. The zero-order chi connectivity index (χ0) is 19.5. The maximum absolute atomic E-state index is 13.2. The largest absolute Gasteiger partial charge is 0.476 e. The number of anilines is 1. The van der Waals surface area contributed by atoms with Gasteiger partial charge in [0, 0.05) is 23.5 Å². The highest BCUT2D eigenvalue weighted by molar-refractivity contribution is 7.98. The van der Waals surface area contributed by atoms with E-state index in [1.165, 1.54) is 0 Å². The smallest absolute Gasteiger partial charge is 0.265 e. The summed E-state index contributed by atoms with van der Waals surface area (Å²) in [5, 5.41) is 0. The minimum absolute atomic E-state index is 0.0234. The minimum atomic E-state index is -0.664. The topological polar surface area (TPSA) is 49.9 Å². The van der Waals surface area contributed by atoms with Crippen molar-refractivity contribution in [3.05, 3.63) is 54.1 Å². The highest BCUT2D eigenvalue weighted by Crippen LogP contribution is 2.34. The zero-order valence-electron chi connectivity index (χ0n) is 16.0. The third-order valence-electron chi connectivity index (χ3n) is 5.30. The van der Waals surface area contributed by atoms with Gasteiger partial charge in [-0.25, -0.2) is 0 Å². The molecule has 0 radical (unpaired) electrons. The maximum Gasteiger partial charge on any atom is 0.265 e. The molecule has 2 aliphatic rings. The molecule has 0 aromatic heterocycles. The van der Waals surface area contributed by atoms with Gasteiger partial charge in [0.2, 0.25) is 0 Å². The molecule has 2 amide bonds. The Labute approximate surface area is 169 Å². The van der Waals surface area contributed by atoms with Crippen molar-refractivity contribution < 1.29 is 14.3 Å². The number of para-hydroxylation sites is 2. The van der Waals surface area contributed by atoms with Gasteiger partial charge in [-0.2, -0.15) is 0 Å². The number of thioether (sulfide) groups is 1. The molecule has 0 spiro atoms. The summed E-state index contributed by atoms with van der Waals surface area (Å²) in [4.78, 5) is 30.9. The number of piperidine rings is 1. The van der Waals surface area contributed by atoms with Crippen LogP contribution in [0.5, 0.6) is 5.75 Å². The van der Waals surface area contributed by atoms with E-state index in [4.69, 9.17) is 4.74 Å².